The molecule has 0 amide bonds. The van der Waals surface area contributed by atoms with Crippen LogP contribution in [0.5, 0.6) is 5.75 Å². The highest BCUT2D eigenvalue weighted by molar-refractivity contribution is 5.43. The second-order valence-corrected chi connectivity index (χ2v) is 5.26. The largest absolute Gasteiger partial charge is 0.489 e. The van der Waals surface area contributed by atoms with Crippen LogP contribution in [0.3, 0.4) is 0 Å². The summed E-state index contributed by atoms with van der Waals surface area (Å²) in [5.74, 6) is -0.550. The molecule has 1 unspecified atom stereocenters. The zero-order chi connectivity index (χ0) is 14.8. The van der Waals surface area contributed by atoms with Gasteiger partial charge in [0.25, 0.3) is 0 Å². The molecule has 1 N–H and O–H groups in total. The van der Waals surface area contributed by atoms with E-state index < -0.39 is 17.7 Å². The predicted octanol–water partition coefficient (Wildman–Crippen LogP) is 3.91. The van der Waals surface area contributed by atoms with Crippen molar-refractivity contribution in [2.24, 2.45) is 0 Å². The van der Waals surface area contributed by atoms with Crippen molar-refractivity contribution in [1.29, 1.82) is 0 Å². The summed E-state index contributed by atoms with van der Waals surface area (Å²) in [6.07, 6.45) is 2.04. The summed E-state index contributed by atoms with van der Waals surface area (Å²) in [6.45, 7) is 0.0403. The molecule has 0 aromatic heterocycles. The predicted molar refractivity (Wildman–Crippen MR) is 75.0 cm³/mol. The first-order valence-corrected chi connectivity index (χ1v) is 7.02. The third-order valence-corrected chi connectivity index (χ3v) is 3.83. The number of benzene rings is 2. The van der Waals surface area contributed by atoms with Gasteiger partial charge in [-0.2, -0.15) is 0 Å². The van der Waals surface area contributed by atoms with Crippen molar-refractivity contribution in [1.82, 2.24) is 0 Å². The van der Waals surface area contributed by atoms with Gasteiger partial charge in [-0.15, -0.1) is 0 Å². The van der Waals surface area contributed by atoms with E-state index in [1.165, 1.54) is 12.1 Å². The van der Waals surface area contributed by atoms with Gasteiger partial charge >= 0.3 is 0 Å². The lowest BCUT2D eigenvalue weighted by atomic mass is 9.89. The van der Waals surface area contributed by atoms with E-state index >= 15 is 0 Å². The van der Waals surface area contributed by atoms with Gasteiger partial charge in [0.15, 0.2) is 0 Å². The third kappa shape index (κ3) is 2.90. The lowest BCUT2D eigenvalue weighted by molar-refractivity contribution is 0.155. The first kappa shape index (κ1) is 14.0. The second-order valence-electron chi connectivity index (χ2n) is 5.26. The summed E-state index contributed by atoms with van der Waals surface area (Å²) in [7, 11) is 0. The smallest absolute Gasteiger partial charge is 0.132 e. The fraction of sp³-hybridized carbons (Fsp3) is 0.294. The maximum absolute atomic E-state index is 13.6. The Morgan fingerprint density at radius 2 is 2.05 bits per heavy atom. The quantitative estimate of drug-likeness (QED) is 0.928. The summed E-state index contributed by atoms with van der Waals surface area (Å²) in [6, 6.07) is 8.98. The Morgan fingerprint density at radius 1 is 1.19 bits per heavy atom. The van der Waals surface area contributed by atoms with Crippen LogP contribution in [0, 0.1) is 11.6 Å². The highest BCUT2D eigenvalue weighted by atomic mass is 19.1. The van der Waals surface area contributed by atoms with Gasteiger partial charge in [-0.3, -0.25) is 0 Å². The molecule has 3 rings (SSSR count). The number of hydrogen-bond donors (Lipinski definition) is 1. The molecule has 4 heteroatoms. The molecule has 21 heavy (non-hydrogen) atoms. The molecule has 2 aromatic carbocycles. The van der Waals surface area contributed by atoms with Crippen LogP contribution in [0.25, 0.3) is 0 Å². The van der Waals surface area contributed by atoms with Crippen LogP contribution < -0.4 is 4.74 Å². The first-order valence-electron chi connectivity index (χ1n) is 7.02. The Hall–Kier alpha value is -1.94. The lowest BCUT2D eigenvalue weighted by Gasteiger charge is -2.23. The average molecular weight is 290 g/mol. The number of fused-ring (bicyclic) bond motifs is 1. The zero-order valence-corrected chi connectivity index (χ0v) is 11.5. The Morgan fingerprint density at radius 3 is 2.86 bits per heavy atom. The standard InChI is InChI=1S/C17H16F2O2/c18-12-8-7-11(15(19)9-12)10-21-17-6-2-3-13-14(17)4-1-5-16(13)20/h2-3,6-9,16,20H,1,4-5,10H2. The molecule has 0 aliphatic heterocycles. The van der Waals surface area contributed by atoms with Crippen LogP contribution >= 0.6 is 0 Å². The number of ether oxygens (including phenoxy) is 1. The van der Waals surface area contributed by atoms with Crippen molar-refractivity contribution in [2.45, 2.75) is 32.0 Å². The Labute approximate surface area is 122 Å². The summed E-state index contributed by atoms with van der Waals surface area (Å²) in [5, 5.41) is 9.99. The number of hydrogen-bond acceptors (Lipinski definition) is 2. The Bertz CT molecular complexity index is 655. The number of rotatable bonds is 3. The van der Waals surface area contributed by atoms with Crippen molar-refractivity contribution in [3.63, 3.8) is 0 Å². The molecule has 0 heterocycles. The third-order valence-electron chi connectivity index (χ3n) is 3.83. The highest BCUT2D eigenvalue weighted by Gasteiger charge is 2.21. The normalized spacial score (nSPS) is 17.4. The van der Waals surface area contributed by atoms with Crippen LogP contribution in [0.15, 0.2) is 36.4 Å². The van der Waals surface area contributed by atoms with Crippen molar-refractivity contribution in [3.05, 3.63) is 64.7 Å². The summed E-state index contributed by atoms with van der Waals surface area (Å²) >= 11 is 0. The fourth-order valence-electron chi connectivity index (χ4n) is 2.72. The molecule has 1 atom stereocenters. The van der Waals surface area contributed by atoms with Gasteiger partial charge in [0, 0.05) is 11.6 Å². The highest BCUT2D eigenvalue weighted by Crippen LogP contribution is 2.35. The molecule has 2 aromatic rings. The number of aliphatic hydroxyl groups excluding tert-OH is 1. The van der Waals surface area contributed by atoms with Crippen molar-refractivity contribution in [2.75, 3.05) is 0 Å². The van der Waals surface area contributed by atoms with Crippen molar-refractivity contribution < 1.29 is 18.6 Å². The summed E-state index contributed by atoms with van der Waals surface area (Å²) in [5.41, 5.74) is 2.18. The van der Waals surface area contributed by atoms with E-state index in [2.05, 4.69) is 0 Å². The van der Waals surface area contributed by atoms with Gasteiger partial charge in [-0.25, -0.2) is 8.78 Å². The minimum Gasteiger partial charge on any atom is -0.489 e. The summed E-state index contributed by atoms with van der Waals surface area (Å²) < 4.78 is 32.2. The Balaban J connectivity index is 1.81. The molecule has 1 aliphatic rings. The second kappa shape index (κ2) is 5.82. The molecule has 0 bridgehead atoms. The minimum atomic E-state index is -0.611. The Kier molecular flexibility index (Phi) is 3.88. The van der Waals surface area contributed by atoms with E-state index in [0.717, 1.165) is 36.5 Å². The van der Waals surface area contributed by atoms with Crippen molar-refractivity contribution in [3.8, 4) is 5.75 Å². The van der Waals surface area contributed by atoms with E-state index in [4.69, 9.17) is 4.74 Å². The molecule has 0 radical (unpaired) electrons. The maximum Gasteiger partial charge on any atom is 0.132 e. The molecular formula is C17H16F2O2. The molecule has 2 nitrogen and oxygen atoms in total. The fourth-order valence-corrected chi connectivity index (χ4v) is 2.72. The monoisotopic (exact) mass is 290 g/mol. The van der Waals surface area contributed by atoms with E-state index in [1.54, 1.807) is 0 Å². The molecule has 1 aliphatic carbocycles. The van der Waals surface area contributed by atoms with Crippen LogP contribution in [0.4, 0.5) is 8.78 Å². The van der Waals surface area contributed by atoms with E-state index in [1.807, 2.05) is 18.2 Å². The molecule has 0 saturated carbocycles. The first-order chi connectivity index (χ1) is 10.1. The number of halogens is 2. The lowest BCUT2D eigenvalue weighted by Crippen LogP contribution is -2.11. The molecule has 0 saturated heterocycles. The maximum atomic E-state index is 13.6. The van der Waals surface area contributed by atoms with Crippen LogP contribution in [0.2, 0.25) is 0 Å². The van der Waals surface area contributed by atoms with E-state index in [9.17, 15) is 13.9 Å². The van der Waals surface area contributed by atoms with Gasteiger partial charge < -0.3 is 9.84 Å². The van der Waals surface area contributed by atoms with Crippen LogP contribution in [-0.2, 0) is 13.0 Å². The molecule has 110 valence electrons. The summed E-state index contributed by atoms with van der Waals surface area (Å²) in [4.78, 5) is 0. The van der Waals surface area contributed by atoms with Crippen LogP contribution in [0.1, 0.15) is 35.6 Å². The SMILES string of the molecule is OC1CCCc2c(OCc3ccc(F)cc3F)cccc21. The van der Waals surface area contributed by atoms with Gasteiger partial charge in [-0.05, 0) is 48.6 Å². The van der Waals surface area contributed by atoms with E-state index in [0.29, 0.717) is 11.3 Å². The van der Waals surface area contributed by atoms with Gasteiger partial charge in [0.2, 0.25) is 0 Å². The topological polar surface area (TPSA) is 29.5 Å². The van der Waals surface area contributed by atoms with Crippen LogP contribution in [-0.4, -0.2) is 5.11 Å². The zero-order valence-electron chi connectivity index (χ0n) is 11.5. The van der Waals surface area contributed by atoms with Gasteiger partial charge in [0.05, 0.1) is 6.10 Å². The van der Waals surface area contributed by atoms with Gasteiger partial charge in [0.1, 0.15) is 24.0 Å². The molecule has 0 fully saturated rings. The van der Waals surface area contributed by atoms with E-state index in [-0.39, 0.29) is 6.61 Å². The molecular weight excluding hydrogens is 274 g/mol. The van der Waals surface area contributed by atoms with Gasteiger partial charge in [-0.1, -0.05) is 12.1 Å². The minimum absolute atomic E-state index is 0.0403. The molecule has 0 spiro atoms. The number of aliphatic hydroxyl groups is 1. The van der Waals surface area contributed by atoms with Crippen molar-refractivity contribution >= 4 is 0 Å². The average Bonchev–Trinajstić information content (AvgIpc) is 2.47.